The molecule has 1 heterocycles. The molecule has 0 amide bonds. The third kappa shape index (κ3) is 4.30. The Bertz CT molecular complexity index is 873. The lowest BCUT2D eigenvalue weighted by molar-refractivity contribution is 0.355. The highest BCUT2D eigenvalue weighted by Crippen LogP contribution is 2.30. The second-order valence-corrected chi connectivity index (χ2v) is 5.53. The van der Waals surface area contributed by atoms with Crippen LogP contribution in [0.25, 0.3) is 0 Å². The molecule has 25 heavy (non-hydrogen) atoms. The van der Waals surface area contributed by atoms with Crippen LogP contribution < -0.4 is 20.1 Å². The first kappa shape index (κ1) is 16.9. The fourth-order valence-corrected chi connectivity index (χ4v) is 2.44. The zero-order valence-electron chi connectivity index (χ0n) is 13.8. The molecular formula is C18H17ClN4O2. The number of hydrogen-bond acceptors (Lipinski definition) is 6. The molecule has 0 saturated carbocycles. The molecule has 2 N–H and O–H groups in total. The highest BCUT2D eigenvalue weighted by molar-refractivity contribution is 6.30. The molecule has 0 aliphatic heterocycles. The van der Waals surface area contributed by atoms with Crippen LogP contribution in [0.2, 0.25) is 5.02 Å². The normalized spacial score (nSPS) is 10.2. The molecule has 0 fully saturated rings. The lowest BCUT2D eigenvalue weighted by Crippen LogP contribution is -2.01. The molecule has 3 rings (SSSR count). The summed E-state index contributed by atoms with van der Waals surface area (Å²) in [6.07, 6.45) is 1.67. The molecule has 128 valence electrons. The number of benzene rings is 2. The van der Waals surface area contributed by atoms with Crippen LogP contribution in [0.3, 0.4) is 0 Å². The van der Waals surface area contributed by atoms with Crippen molar-refractivity contribution >= 4 is 34.7 Å². The average molecular weight is 357 g/mol. The Morgan fingerprint density at radius 3 is 2.44 bits per heavy atom. The van der Waals surface area contributed by atoms with Crippen LogP contribution in [0.1, 0.15) is 0 Å². The van der Waals surface area contributed by atoms with Gasteiger partial charge in [0, 0.05) is 28.7 Å². The Labute approximate surface area is 150 Å². The molecule has 3 aromatic rings. The lowest BCUT2D eigenvalue weighted by atomic mass is 10.3. The van der Waals surface area contributed by atoms with Gasteiger partial charge in [-0.3, -0.25) is 0 Å². The van der Waals surface area contributed by atoms with E-state index >= 15 is 0 Å². The van der Waals surface area contributed by atoms with Crippen molar-refractivity contribution in [3.63, 3.8) is 0 Å². The smallest absolute Gasteiger partial charge is 0.229 e. The highest BCUT2D eigenvalue weighted by atomic mass is 35.5. The van der Waals surface area contributed by atoms with Crippen LogP contribution in [0, 0.1) is 0 Å². The van der Waals surface area contributed by atoms with Gasteiger partial charge in [0.05, 0.1) is 14.2 Å². The first-order valence-electron chi connectivity index (χ1n) is 7.52. The number of hydrogen-bond donors (Lipinski definition) is 2. The van der Waals surface area contributed by atoms with Crippen molar-refractivity contribution in [1.29, 1.82) is 0 Å². The van der Waals surface area contributed by atoms with Crippen LogP contribution in [-0.4, -0.2) is 24.2 Å². The Morgan fingerprint density at radius 2 is 1.68 bits per heavy atom. The first-order chi connectivity index (χ1) is 12.2. The summed E-state index contributed by atoms with van der Waals surface area (Å²) in [6, 6.07) is 14.7. The second kappa shape index (κ2) is 7.72. The minimum Gasteiger partial charge on any atom is -0.493 e. The Morgan fingerprint density at radius 1 is 0.880 bits per heavy atom. The molecule has 0 unspecified atom stereocenters. The van der Waals surface area contributed by atoms with E-state index in [0.717, 1.165) is 11.4 Å². The average Bonchev–Trinajstić information content (AvgIpc) is 2.62. The van der Waals surface area contributed by atoms with E-state index in [2.05, 4.69) is 20.6 Å². The molecule has 7 heteroatoms. The summed E-state index contributed by atoms with van der Waals surface area (Å²) >= 11 is 6.00. The van der Waals surface area contributed by atoms with Gasteiger partial charge in [0.2, 0.25) is 5.95 Å². The summed E-state index contributed by atoms with van der Waals surface area (Å²) in [4.78, 5) is 8.67. The highest BCUT2D eigenvalue weighted by Gasteiger charge is 2.06. The van der Waals surface area contributed by atoms with Gasteiger partial charge in [-0.15, -0.1) is 0 Å². The molecule has 0 aliphatic carbocycles. The van der Waals surface area contributed by atoms with Crippen molar-refractivity contribution in [2.75, 3.05) is 24.9 Å². The molecule has 1 aromatic heterocycles. The van der Waals surface area contributed by atoms with Gasteiger partial charge in [-0.25, -0.2) is 4.98 Å². The number of rotatable bonds is 6. The van der Waals surface area contributed by atoms with E-state index in [1.54, 1.807) is 26.5 Å². The zero-order valence-corrected chi connectivity index (χ0v) is 14.5. The van der Waals surface area contributed by atoms with Gasteiger partial charge < -0.3 is 20.1 Å². The van der Waals surface area contributed by atoms with Crippen LogP contribution in [-0.2, 0) is 0 Å². The van der Waals surface area contributed by atoms with E-state index < -0.39 is 0 Å². The van der Waals surface area contributed by atoms with E-state index in [9.17, 15) is 0 Å². The minimum atomic E-state index is 0.458. The number of ether oxygens (including phenoxy) is 2. The quantitative estimate of drug-likeness (QED) is 0.671. The fraction of sp³-hybridized carbons (Fsp3) is 0.111. The third-order valence-electron chi connectivity index (χ3n) is 3.39. The number of methoxy groups -OCH3 is 2. The van der Waals surface area contributed by atoms with E-state index in [0.29, 0.717) is 28.3 Å². The summed E-state index contributed by atoms with van der Waals surface area (Å²) < 4.78 is 10.5. The van der Waals surface area contributed by atoms with Crippen LogP contribution in [0.4, 0.5) is 23.1 Å². The molecule has 0 radical (unpaired) electrons. The van der Waals surface area contributed by atoms with Gasteiger partial charge in [0.1, 0.15) is 5.82 Å². The Kier molecular flexibility index (Phi) is 5.20. The van der Waals surface area contributed by atoms with Gasteiger partial charge in [-0.1, -0.05) is 17.7 Å². The number of nitrogens with zero attached hydrogens (tertiary/aromatic N) is 2. The molecule has 0 spiro atoms. The number of anilines is 4. The van der Waals surface area contributed by atoms with Gasteiger partial charge >= 0.3 is 0 Å². The van der Waals surface area contributed by atoms with E-state index in [-0.39, 0.29) is 0 Å². The van der Waals surface area contributed by atoms with E-state index in [1.807, 2.05) is 42.5 Å². The number of halogens is 1. The van der Waals surface area contributed by atoms with Crippen molar-refractivity contribution in [3.8, 4) is 11.5 Å². The lowest BCUT2D eigenvalue weighted by Gasteiger charge is -2.11. The SMILES string of the molecule is COc1ccc(Nc2nccc(Nc3cccc(Cl)c3)n2)cc1OC. The monoisotopic (exact) mass is 356 g/mol. The van der Waals surface area contributed by atoms with Crippen LogP contribution >= 0.6 is 11.6 Å². The molecule has 2 aromatic carbocycles. The minimum absolute atomic E-state index is 0.458. The molecule has 0 saturated heterocycles. The number of nitrogens with one attached hydrogen (secondary N) is 2. The summed E-state index contributed by atoms with van der Waals surface area (Å²) in [5.74, 6) is 2.39. The summed E-state index contributed by atoms with van der Waals surface area (Å²) in [5, 5.41) is 6.99. The predicted octanol–water partition coefficient (Wildman–Crippen LogP) is 4.63. The largest absolute Gasteiger partial charge is 0.493 e. The maximum atomic E-state index is 6.00. The molecule has 6 nitrogen and oxygen atoms in total. The maximum Gasteiger partial charge on any atom is 0.229 e. The van der Waals surface area contributed by atoms with Crippen LogP contribution in [0.15, 0.2) is 54.7 Å². The Balaban J connectivity index is 1.78. The molecule has 0 atom stereocenters. The molecular weight excluding hydrogens is 340 g/mol. The zero-order chi connectivity index (χ0) is 17.6. The van der Waals surface area contributed by atoms with Crippen molar-refractivity contribution in [2.24, 2.45) is 0 Å². The Hall–Kier alpha value is -2.99. The second-order valence-electron chi connectivity index (χ2n) is 5.10. The molecule has 0 aliphatic rings. The van der Waals surface area contributed by atoms with Gasteiger partial charge in [-0.05, 0) is 36.4 Å². The van der Waals surface area contributed by atoms with Gasteiger partial charge in [-0.2, -0.15) is 4.98 Å². The van der Waals surface area contributed by atoms with Crippen LogP contribution in [0.5, 0.6) is 11.5 Å². The summed E-state index contributed by atoms with van der Waals surface area (Å²) in [6.45, 7) is 0. The van der Waals surface area contributed by atoms with Crippen molar-refractivity contribution in [1.82, 2.24) is 9.97 Å². The van der Waals surface area contributed by atoms with Gasteiger partial charge in [0.15, 0.2) is 11.5 Å². The summed E-state index contributed by atoms with van der Waals surface area (Å²) in [7, 11) is 3.19. The van der Waals surface area contributed by atoms with Crippen molar-refractivity contribution in [3.05, 3.63) is 59.8 Å². The summed E-state index contributed by atoms with van der Waals surface area (Å²) in [5.41, 5.74) is 1.64. The molecule has 0 bridgehead atoms. The maximum absolute atomic E-state index is 6.00. The number of aromatic nitrogens is 2. The van der Waals surface area contributed by atoms with Crippen molar-refractivity contribution in [2.45, 2.75) is 0 Å². The van der Waals surface area contributed by atoms with E-state index in [4.69, 9.17) is 21.1 Å². The first-order valence-corrected chi connectivity index (χ1v) is 7.90. The van der Waals surface area contributed by atoms with Crippen molar-refractivity contribution < 1.29 is 9.47 Å². The standard InChI is InChI=1S/C18H17ClN4O2/c1-24-15-7-6-14(11-16(15)25-2)22-18-20-9-8-17(23-18)21-13-5-3-4-12(19)10-13/h3-11H,1-2H3,(H2,20,21,22,23). The van der Waals surface area contributed by atoms with E-state index in [1.165, 1.54) is 0 Å². The van der Waals surface area contributed by atoms with Gasteiger partial charge in [0.25, 0.3) is 0 Å². The fourth-order valence-electron chi connectivity index (χ4n) is 2.25. The topological polar surface area (TPSA) is 68.3 Å². The third-order valence-corrected chi connectivity index (χ3v) is 3.63. The predicted molar refractivity (Wildman–Crippen MR) is 99.6 cm³/mol.